The third kappa shape index (κ3) is 1.76. The summed E-state index contributed by atoms with van der Waals surface area (Å²) in [4.78, 5) is 16.4. The zero-order valence-corrected chi connectivity index (χ0v) is 10.3. The maximum atomic E-state index is 6.10. The number of rotatable bonds is 1. The van der Waals surface area contributed by atoms with Crippen molar-refractivity contribution in [3.63, 3.8) is 0 Å². The number of halogens is 1. The van der Waals surface area contributed by atoms with E-state index in [1.54, 1.807) is 12.4 Å². The fourth-order valence-corrected chi connectivity index (χ4v) is 1.92. The predicted octanol–water partition coefficient (Wildman–Crippen LogP) is 1.73. The average Bonchev–Trinajstić information content (AvgIpc) is 2.71. The lowest BCUT2D eigenvalue weighted by Crippen LogP contribution is -1.96. The number of fused-ring (bicyclic) bond motifs is 1. The van der Waals surface area contributed by atoms with Crippen molar-refractivity contribution in [2.75, 3.05) is 5.73 Å². The smallest absolute Gasteiger partial charge is 0.219 e. The molecule has 0 unspecified atom stereocenters. The van der Waals surface area contributed by atoms with Gasteiger partial charge in [0.1, 0.15) is 0 Å². The number of hydrogen-bond acceptors (Lipinski definition) is 5. The van der Waals surface area contributed by atoms with Gasteiger partial charge < -0.3 is 10.1 Å². The molecule has 0 saturated heterocycles. The molecule has 0 spiro atoms. The molecule has 0 atom stereocenters. The van der Waals surface area contributed by atoms with Gasteiger partial charge in [-0.1, -0.05) is 11.6 Å². The van der Waals surface area contributed by atoms with Gasteiger partial charge in [-0.3, -0.25) is 0 Å². The van der Waals surface area contributed by atoms with Crippen molar-refractivity contribution >= 4 is 23.2 Å². The summed E-state index contributed by atoms with van der Waals surface area (Å²) in [6.07, 6.45) is 6.92. The fourth-order valence-electron chi connectivity index (χ4n) is 1.69. The topological polar surface area (TPSA) is 82.0 Å². The Labute approximate surface area is 107 Å². The van der Waals surface area contributed by atoms with Crippen LogP contribution in [0.2, 0.25) is 5.15 Å². The van der Waals surface area contributed by atoms with Crippen molar-refractivity contribution in [1.29, 1.82) is 0 Å². The molecular formula is C11H9ClN6. The second-order valence-corrected chi connectivity index (χ2v) is 4.22. The SMILES string of the molecule is Cc1cn2cc(-c3cnc(N)nc3)nc(Cl)c2n1. The van der Waals surface area contributed by atoms with Gasteiger partial charge >= 0.3 is 0 Å². The maximum Gasteiger partial charge on any atom is 0.219 e. The third-order valence-corrected chi connectivity index (χ3v) is 2.74. The zero-order chi connectivity index (χ0) is 12.7. The lowest BCUT2D eigenvalue weighted by molar-refractivity contribution is 1.11. The van der Waals surface area contributed by atoms with E-state index in [0.29, 0.717) is 16.5 Å². The summed E-state index contributed by atoms with van der Waals surface area (Å²) in [5, 5.41) is 0.345. The molecule has 0 aliphatic heterocycles. The molecule has 3 heterocycles. The van der Waals surface area contributed by atoms with Crippen LogP contribution in [0.5, 0.6) is 0 Å². The lowest BCUT2D eigenvalue weighted by Gasteiger charge is -2.02. The summed E-state index contributed by atoms with van der Waals surface area (Å²) >= 11 is 6.10. The van der Waals surface area contributed by atoms with Crippen molar-refractivity contribution in [3.05, 3.63) is 35.6 Å². The Hall–Kier alpha value is -2.21. The van der Waals surface area contributed by atoms with Gasteiger partial charge in [0.15, 0.2) is 10.8 Å². The summed E-state index contributed by atoms with van der Waals surface area (Å²) in [5.41, 5.74) is 8.38. The Morgan fingerprint density at radius 3 is 2.61 bits per heavy atom. The van der Waals surface area contributed by atoms with Crippen LogP contribution in [0.3, 0.4) is 0 Å². The molecule has 0 amide bonds. The molecular weight excluding hydrogens is 252 g/mol. The van der Waals surface area contributed by atoms with E-state index in [1.165, 1.54) is 0 Å². The highest BCUT2D eigenvalue weighted by atomic mass is 35.5. The molecule has 0 radical (unpaired) electrons. The van der Waals surface area contributed by atoms with Gasteiger partial charge in [0, 0.05) is 30.4 Å². The molecule has 0 fully saturated rings. The number of nitrogen functional groups attached to an aromatic ring is 1. The summed E-state index contributed by atoms with van der Waals surface area (Å²) in [5.74, 6) is 0.226. The Bertz CT molecular complexity index is 718. The van der Waals surface area contributed by atoms with Crippen LogP contribution in [-0.2, 0) is 0 Å². The molecule has 0 bridgehead atoms. The molecule has 3 aromatic heterocycles. The first-order chi connectivity index (χ1) is 8.63. The second kappa shape index (κ2) is 3.92. The van der Waals surface area contributed by atoms with Crippen LogP contribution in [0.15, 0.2) is 24.8 Å². The minimum atomic E-state index is 0.226. The van der Waals surface area contributed by atoms with E-state index >= 15 is 0 Å². The molecule has 6 nitrogen and oxygen atoms in total. The van der Waals surface area contributed by atoms with E-state index in [2.05, 4.69) is 19.9 Å². The number of aromatic nitrogens is 5. The summed E-state index contributed by atoms with van der Waals surface area (Å²) in [6, 6.07) is 0. The van der Waals surface area contributed by atoms with Crippen LogP contribution in [0.4, 0.5) is 5.95 Å². The van der Waals surface area contributed by atoms with Gasteiger partial charge in [0.05, 0.1) is 11.4 Å². The van der Waals surface area contributed by atoms with Crippen molar-refractivity contribution < 1.29 is 0 Å². The van der Waals surface area contributed by atoms with Gasteiger partial charge in [0.2, 0.25) is 5.95 Å². The lowest BCUT2D eigenvalue weighted by atomic mass is 10.2. The highest BCUT2D eigenvalue weighted by molar-refractivity contribution is 6.32. The van der Waals surface area contributed by atoms with E-state index < -0.39 is 0 Å². The molecule has 0 saturated carbocycles. The first-order valence-corrected chi connectivity index (χ1v) is 5.61. The molecule has 0 aliphatic rings. The number of hydrogen-bond donors (Lipinski definition) is 1. The number of anilines is 1. The maximum absolute atomic E-state index is 6.10. The third-order valence-electron chi connectivity index (χ3n) is 2.48. The number of nitrogens with two attached hydrogens (primary N) is 1. The largest absolute Gasteiger partial charge is 0.368 e. The summed E-state index contributed by atoms with van der Waals surface area (Å²) in [6.45, 7) is 1.90. The van der Waals surface area contributed by atoms with Gasteiger partial charge in [-0.05, 0) is 6.92 Å². The molecule has 3 aromatic rings. The van der Waals surface area contributed by atoms with E-state index in [4.69, 9.17) is 17.3 Å². The van der Waals surface area contributed by atoms with E-state index in [9.17, 15) is 0 Å². The quantitative estimate of drug-likeness (QED) is 0.720. The number of imidazole rings is 1. The van der Waals surface area contributed by atoms with Crippen molar-refractivity contribution in [1.82, 2.24) is 24.3 Å². The van der Waals surface area contributed by atoms with Crippen LogP contribution < -0.4 is 5.73 Å². The van der Waals surface area contributed by atoms with Gasteiger partial charge in [-0.15, -0.1) is 0 Å². The minimum absolute atomic E-state index is 0.226. The van der Waals surface area contributed by atoms with Gasteiger partial charge in [-0.2, -0.15) is 0 Å². The molecule has 0 aromatic carbocycles. The molecule has 2 N–H and O–H groups in total. The first kappa shape index (κ1) is 10.9. The highest BCUT2D eigenvalue weighted by Gasteiger charge is 2.09. The normalized spacial score (nSPS) is 11.0. The summed E-state index contributed by atoms with van der Waals surface area (Å²) in [7, 11) is 0. The second-order valence-electron chi connectivity index (χ2n) is 3.86. The van der Waals surface area contributed by atoms with E-state index in [0.717, 1.165) is 11.3 Å². The van der Waals surface area contributed by atoms with Crippen molar-refractivity contribution in [2.45, 2.75) is 6.92 Å². The zero-order valence-electron chi connectivity index (χ0n) is 9.50. The Balaban J connectivity index is 2.20. The van der Waals surface area contributed by atoms with Crippen LogP contribution in [0.25, 0.3) is 16.9 Å². The van der Waals surface area contributed by atoms with Crippen molar-refractivity contribution in [3.8, 4) is 11.3 Å². The fraction of sp³-hybridized carbons (Fsp3) is 0.0909. The van der Waals surface area contributed by atoms with Crippen LogP contribution in [0, 0.1) is 6.92 Å². The summed E-state index contributed by atoms with van der Waals surface area (Å²) < 4.78 is 1.83. The van der Waals surface area contributed by atoms with E-state index in [1.807, 2.05) is 23.7 Å². The van der Waals surface area contributed by atoms with Gasteiger partial charge in [-0.25, -0.2) is 19.9 Å². The molecule has 18 heavy (non-hydrogen) atoms. The monoisotopic (exact) mass is 260 g/mol. The standard InChI is InChI=1S/C11H9ClN6/c1-6-4-18-5-8(17-9(12)10(18)16-6)7-2-14-11(13)15-3-7/h2-5H,1H3,(H2,13,14,15). The average molecular weight is 261 g/mol. The molecule has 90 valence electrons. The highest BCUT2D eigenvalue weighted by Crippen LogP contribution is 2.21. The molecule has 0 aliphatic carbocycles. The van der Waals surface area contributed by atoms with Crippen LogP contribution in [0.1, 0.15) is 5.69 Å². The van der Waals surface area contributed by atoms with Crippen LogP contribution in [-0.4, -0.2) is 24.3 Å². The number of aryl methyl sites for hydroxylation is 1. The molecule has 3 rings (SSSR count). The molecule has 7 heteroatoms. The van der Waals surface area contributed by atoms with E-state index in [-0.39, 0.29) is 5.95 Å². The first-order valence-electron chi connectivity index (χ1n) is 5.23. The van der Waals surface area contributed by atoms with Gasteiger partial charge in [0.25, 0.3) is 0 Å². The Morgan fingerprint density at radius 1 is 1.17 bits per heavy atom. The Kier molecular flexibility index (Phi) is 2.38. The van der Waals surface area contributed by atoms with Crippen molar-refractivity contribution in [2.24, 2.45) is 0 Å². The Morgan fingerprint density at radius 2 is 1.89 bits per heavy atom. The minimum Gasteiger partial charge on any atom is -0.368 e. The predicted molar refractivity (Wildman–Crippen MR) is 68.2 cm³/mol. The van der Waals surface area contributed by atoms with Crippen LogP contribution >= 0.6 is 11.6 Å². The number of nitrogens with zero attached hydrogens (tertiary/aromatic N) is 5.